The first-order valence-corrected chi connectivity index (χ1v) is 8.73. The van der Waals surface area contributed by atoms with Gasteiger partial charge in [0, 0.05) is 47.6 Å². The number of nitrogens with one attached hydrogen (secondary N) is 1. The molecule has 0 spiro atoms. The summed E-state index contributed by atoms with van der Waals surface area (Å²) in [5.41, 5.74) is 2.27. The van der Waals surface area contributed by atoms with E-state index in [4.69, 9.17) is 4.98 Å². The molecule has 0 amide bonds. The number of nitrogens with zero attached hydrogens (tertiary/aromatic N) is 2. The van der Waals surface area contributed by atoms with Crippen molar-refractivity contribution in [2.75, 3.05) is 32.1 Å². The fourth-order valence-corrected chi connectivity index (χ4v) is 4.32. The Morgan fingerprint density at radius 2 is 2.19 bits per heavy atom. The maximum Gasteiger partial charge on any atom is 0.0705 e. The Hall–Kier alpha value is -1.10. The summed E-state index contributed by atoms with van der Waals surface area (Å²) in [6.45, 7) is 1.18. The fraction of sp³-hybridized carbons (Fsp3) is 0.471. The minimum absolute atomic E-state index is 0.455. The van der Waals surface area contributed by atoms with E-state index >= 15 is 0 Å². The minimum Gasteiger partial charge on any atom is -0.315 e. The van der Waals surface area contributed by atoms with Crippen LogP contribution in [0.4, 0.5) is 0 Å². The largest absolute Gasteiger partial charge is 0.315 e. The number of fused-ring (bicyclic) bond motifs is 1. The summed E-state index contributed by atoms with van der Waals surface area (Å²) in [7, 11) is 4.31. The molecule has 0 bridgehead atoms. The van der Waals surface area contributed by atoms with Crippen LogP contribution in [0.3, 0.4) is 0 Å². The van der Waals surface area contributed by atoms with E-state index in [9.17, 15) is 0 Å². The van der Waals surface area contributed by atoms with Gasteiger partial charge in [0.05, 0.1) is 5.52 Å². The molecule has 2 atom stereocenters. The molecule has 2 unspecified atom stereocenters. The number of benzene rings is 1. The van der Waals surface area contributed by atoms with E-state index in [0.717, 1.165) is 11.9 Å². The smallest absolute Gasteiger partial charge is 0.0705 e. The summed E-state index contributed by atoms with van der Waals surface area (Å²) < 4.78 is 0. The van der Waals surface area contributed by atoms with Crippen LogP contribution in [0.1, 0.15) is 5.69 Å². The molecule has 1 fully saturated rings. The van der Waals surface area contributed by atoms with Crippen molar-refractivity contribution < 1.29 is 0 Å². The molecule has 2 aromatic rings. The minimum atomic E-state index is 0.455. The zero-order valence-electron chi connectivity index (χ0n) is 12.7. The number of aromatic nitrogens is 1. The number of hydrogen-bond acceptors (Lipinski definition) is 4. The molecular formula is C17H23N3S. The van der Waals surface area contributed by atoms with Crippen molar-refractivity contribution in [1.29, 1.82) is 0 Å². The highest BCUT2D eigenvalue weighted by atomic mass is 32.2. The lowest BCUT2D eigenvalue weighted by atomic mass is 10.0. The van der Waals surface area contributed by atoms with Crippen molar-refractivity contribution >= 4 is 22.7 Å². The van der Waals surface area contributed by atoms with Crippen molar-refractivity contribution in [3.8, 4) is 0 Å². The predicted molar refractivity (Wildman–Crippen MR) is 92.0 cm³/mol. The van der Waals surface area contributed by atoms with Crippen LogP contribution in [0.15, 0.2) is 36.4 Å². The molecule has 21 heavy (non-hydrogen) atoms. The number of likely N-dealkylation sites (N-methyl/N-ethyl adjacent to an activating group) is 2. The molecule has 4 heteroatoms. The number of hydrogen-bond donors (Lipinski definition) is 1. The van der Waals surface area contributed by atoms with Crippen molar-refractivity contribution in [3.05, 3.63) is 42.1 Å². The Kier molecular flexibility index (Phi) is 4.78. The molecule has 112 valence electrons. The molecule has 1 aliphatic heterocycles. The third-order valence-electron chi connectivity index (χ3n) is 4.36. The second-order valence-corrected chi connectivity index (χ2v) is 6.87. The Morgan fingerprint density at radius 3 is 3.00 bits per heavy atom. The zero-order valence-corrected chi connectivity index (χ0v) is 13.6. The predicted octanol–water partition coefficient (Wildman–Crippen LogP) is 2.41. The van der Waals surface area contributed by atoms with Gasteiger partial charge in [-0.1, -0.05) is 24.3 Å². The summed E-state index contributed by atoms with van der Waals surface area (Å²) in [4.78, 5) is 7.30. The SMILES string of the molecule is CNC(Cc1ccc2ccccc2n1)C1CSCCN1C. The third-order valence-corrected chi connectivity index (χ3v) is 5.41. The molecule has 0 saturated carbocycles. The highest BCUT2D eigenvalue weighted by Gasteiger charge is 2.27. The lowest BCUT2D eigenvalue weighted by molar-refractivity contribution is 0.218. The molecule has 3 rings (SSSR count). The molecule has 1 saturated heterocycles. The van der Waals surface area contributed by atoms with Crippen LogP contribution in [0.25, 0.3) is 10.9 Å². The first-order chi connectivity index (χ1) is 10.3. The average Bonchev–Trinajstić information content (AvgIpc) is 2.53. The van der Waals surface area contributed by atoms with E-state index in [1.807, 2.05) is 0 Å². The molecular weight excluding hydrogens is 278 g/mol. The number of thioether (sulfide) groups is 1. The van der Waals surface area contributed by atoms with Gasteiger partial charge in [0.2, 0.25) is 0 Å². The van der Waals surface area contributed by atoms with Gasteiger partial charge >= 0.3 is 0 Å². The van der Waals surface area contributed by atoms with Gasteiger partial charge in [-0.15, -0.1) is 0 Å². The first kappa shape index (κ1) is 14.8. The van der Waals surface area contributed by atoms with Gasteiger partial charge in [0.15, 0.2) is 0 Å². The number of rotatable bonds is 4. The van der Waals surface area contributed by atoms with E-state index in [0.29, 0.717) is 12.1 Å². The molecule has 3 nitrogen and oxygen atoms in total. The molecule has 1 N–H and O–H groups in total. The van der Waals surface area contributed by atoms with Crippen LogP contribution < -0.4 is 5.32 Å². The number of pyridine rings is 1. The lowest BCUT2D eigenvalue weighted by Gasteiger charge is -2.37. The second kappa shape index (κ2) is 6.77. The Morgan fingerprint density at radius 1 is 1.33 bits per heavy atom. The number of para-hydroxylation sites is 1. The molecule has 0 aliphatic carbocycles. The van der Waals surface area contributed by atoms with Crippen molar-refractivity contribution in [2.24, 2.45) is 0 Å². The first-order valence-electron chi connectivity index (χ1n) is 7.58. The topological polar surface area (TPSA) is 28.2 Å². The van der Waals surface area contributed by atoms with Crippen LogP contribution in [0, 0.1) is 0 Å². The second-order valence-electron chi connectivity index (χ2n) is 5.72. The lowest BCUT2D eigenvalue weighted by Crippen LogP contribution is -2.52. The van der Waals surface area contributed by atoms with Crippen LogP contribution in [0.5, 0.6) is 0 Å². The van der Waals surface area contributed by atoms with Gasteiger partial charge in [-0.25, -0.2) is 0 Å². The van der Waals surface area contributed by atoms with E-state index in [1.54, 1.807) is 0 Å². The molecule has 0 radical (unpaired) electrons. The van der Waals surface area contributed by atoms with E-state index < -0.39 is 0 Å². The highest BCUT2D eigenvalue weighted by Crippen LogP contribution is 2.20. The van der Waals surface area contributed by atoms with Gasteiger partial charge < -0.3 is 10.2 Å². The monoisotopic (exact) mass is 301 g/mol. The third kappa shape index (κ3) is 3.39. The molecule has 1 aromatic heterocycles. The normalized spacial score (nSPS) is 21.5. The van der Waals surface area contributed by atoms with Gasteiger partial charge in [-0.3, -0.25) is 4.98 Å². The molecule has 1 aliphatic rings. The Balaban J connectivity index is 1.78. The van der Waals surface area contributed by atoms with E-state index in [2.05, 4.69) is 72.5 Å². The van der Waals surface area contributed by atoms with Crippen LogP contribution >= 0.6 is 11.8 Å². The van der Waals surface area contributed by atoms with Gasteiger partial charge in [0.25, 0.3) is 0 Å². The standard InChI is InChI=1S/C17H23N3S/c1-18-16(17-12-21-10-9-20(17)2)11-14-8-7-13-5-3-4-6-15(13)19-14/h3-8,16-18H,9-12H2,1-2H3. The maximum absolute atomic E-state index is 4.82. The summed E-state index contributed by atoms with van der Waals surface area (Å²) in [5.74, 6) is 2.45. The van der Waals surface area contributed by atoms with E-state index in [1.165, 1.54) is 29.1 Å². The van der Waals surface area contributed by atoms with Crippen molar-refractivity contribution in [1.82, 2.24) is 15.2 Å². The average molecular weight is 301 g/mol. The van der Waals surface area contributed by atoms with E-state index in [-0.39, 0.29) is 0 Å². The van der Waals surface area contributed by atoms with Crippen LogP contribution in [-0.2, 0) is 6.42 Å². The fourth-order valence-electron chi connectivity index (χ4n) is 3.01. The van der Waals surface area contributed by atoms with Crippen molar-refractivity contribution in [2.45, 2.75) is 18.5 Å². The molecule has 2 heterocycles. The van der Waals surface area contributed by atoms with Gasteiger partial charge in [-0.05, 0) is 26.2 Å². The van der Waals surface area contributed by atoms with Gasteiger partial charge in [-0.2, -0.15) is 11.8 Å². The van der Waals surface area contributed by atoms with Gasteiger partial charge in [0.1, 0.15) is 0 Å². The summed E-state index contributed by atoms with van der Waals surface area (Å²) >= 11 is 2.06. The molecule has 1 aromatic carbocycles. The Labute approximate surface area is 131 Å². The maximum atomic E-state index is 4.82. The quantitative estimate of drug-likeness (QED) is 0.939. The Bertz CT molecular complexity index is 601. The zero-order chi connectivity index (χ0) is 14.7. The summed E-state index contributed by atoms with van der Waals surface area (Å²) in [6, 6.07) is 13.7. The van der Waals surface area contributed by atoms with Crippen molar-refractivity contribution in [3.63, 3.8) is 0 Å². The summed E-state index contributed by atoms with van der Waals surface area (Å²) in [5, 5.41) is 4.72. The highest BCUT2D eigenvalue weighted by molar-refractivity contribution is 7.99. The van der Waals surface area contributed by atoms with Crippen LogP contribution in [0.2, 0.25) is 0 Å². The van der Waals surface area contributed by atoms with Crippen LogP contribution in [-0.4, -0.2) is 54.1 Å². The summed E-state index contributed by atoms with van der Waals surface area (Å²) in [6.07, 6.45) is 0.983.